The lowest BCUT2D eigenvalue weighted by molar-refractivity contribution is -0.385. The van der Waals surface area contributed by atoms with Gasteiger partial charge >= 0.3 is 5.97 Å². The number of carboxylic acid groups (broad SMARTS) is 1. The molecule has 0 radical (unpaired) electrons. The lowest BCUT2D eigenvalue weighted by Crippen LogP contribution is -2.37. The highest BCUT2D eigenvalue weighted by atomic mass is 19.1. The van der Waals surface area contributed by atoms with Crippen LogP contribution in [-0.2, 0) is 4.79 Å². The summed E-state index contributed by atoms with van der Waals surface area (Å²) >= 11 is 0. The van der Waals surface area contributed by atoms with Crippen LogP contribution in [0, 0.1) is 15.9 Å². The van der Waals surface area contributed by atoms with Crippen molar-refractivity contribution < 1.29 is 24.0 Å². The van der Waals surface area contributed by atoms with Crippen molar-refractivity contribution >= 4 is 17.6 Å². The molecule has 1 aromatic rings. The van der Waals surface area contributed by atoms with Gasteiger partial charge in [-0.3, -0.25) is 19.7 Å². The zero-order valence-electron chi connectivity index (χ0n) is 10.3. The van der Waals surface area contributed by atoms with Gasteiger partial charge in [-0.2, -0.15) is 0 Å². The molecule has 0 unspecified atom stereocenters. The second-order valence-corrected chi connectivity index (χ2v) is 4.51. The Morgan fingerprint density at radius 3 is 2.55 bits per heavy atom. The molecule has 0 aliphatic heterocycles. The number of carbonyl (C=O) groups excluding carboxylic acids is 1. The van der Waals surface area contributed by atoms with Crippen molar-refractivity contribution in [3.63, 3.8) is 0 Å². The molecule has 0 atom stereocenters. The van der Waals surface area contributed by atoms with Crippen LogP contribution in [0.15, 0.2) is 18.2 Å². The zero-order chi connectivity index (χ0) is 14.9. The molecule has 7 nitrogen and oxygen atoms in total. The first-order valence-corrected chi connectivity index (χ1v) is 5.86. The van der Waals surface area contributed by atoms with Gasteiger partial charge in [-0.25, -0.2) is 4.39 Å². The minimum atomic E-state index is -1.18. The van der Waals surface area contributed by atoms with E-state index in [9.17, 15) is 24.1 Å². The number of nitrogens with zero attached hydrogens (tertiary/aromatic N) is 2. The average molecular weight is 282 g/mol. The third-order valence-corrected chi connectivity index (χ3v) is 2.89. The highest BCUT2D eigenvalue weighted by Gasteiger charge is 2.34. The van der Waals surface area contributed by atoms with Crippen molar-refractivity contribution in [2.45, 2.75) is 18.9 Å². The summed E-state index contributed by atoms with van der Waals surface area (Å²) in [5.74, 6) is -2.80. The summed E-state index contributed by atoms with van der Waals surface area (Å²) in [5.41, 5.74) is -0.760. The van der Waals surface area contributed by atoms with Crippen LogP contribution in [0.25, 0.3) is 0 Å². The van der Waals surface area contributed by atoms with E-state index in [0.29, 0.717) is 18.9 Å². The van der Waals surface area contributed by atoms with Crippen LogP contribution in [0.1, 0.15) is 23.2 Å². The number of hydrogen-bond donors (Lipinski definition) is 1. The molecule has 1 aliphatic rings. The van der Waals surface area contributed by atoms with Gasteiger partial charge in [0.1, 0.15) is 12.4 Å². The van der Waals surface area contributed by atoms with E-state index in [1.165, 1.54) is 0 Å². The largest absolute Gasteiger partial charge is 0.480 e. The molecule has 1 aliphatic carbocycles. The SMILES string of the molecule is O=C(O)CN(C(=O)c1cc(F)cc([N+](=O)[O-])c1)C1CC1. The predicted octanol–water partition coefficient (Wildman–Crippen LogP) is 1.42. The molecule has 0 spiro atoms. The number of non-ortho nitro benzene ring substituents is 1. The van der Waals surface area contributed by atoms with Gasteiger partial charge in [-0.1, -0.05) is 0 Å². The number of amides is 1. The molecule has 8 heteroatoms. The predicted molar refractivity (Wildman–Crippen MR) is 64.7 cm³/mol. The number of aliphatic carboxylic acids is 1. The number of carbonyl (C=O) groups is 2. The molecule has 0 saturated heterocycles. The fraction of sp³-hybridized carbons (Fsp3) is 0.333. The normalized spacial score (nSPS) is 13.8. The van der Waals surface area contributed by atoms with Crippen LogP contribution in [0.2, 0.25) is 0 Å². The lowest BCUT2D eigenvalue weighted by Gasteiger charge is -2.20. The van der Waals surface area contributed by atoms with Gasteiger partial charge in [0.25, 0.3) is 11.6 Å². The second-order valence-electron chi connectivity index (χ2n) is 4.51. The maximum absolute atomic E-state index is 13.3. The molecule has 1 saturated carbocycles. The third-order valence-electron chi connectivity index (χ3n) is 2.89. The van der Waals surface area contributed by atoms with E-state index >= 15 is 0 Å². The molecule has 0 heterocycles. The average Bonchev–Trinajstić information content (AvgIpc) is 3.18. The number of carboxylic acids is 1. The molecule has 106 valence electrons. The van der Waals surface area contributed by atoms with Crippen LogP contribution >= 0.6 is 0 Å². The highest BCUT2D eigenvalue weighted by Crippen LogP contribution is 2.29. The van der Waals surface area contributed by atoms with Crippen molar-refractivity contribution in [2.75, 3.05) is 6.54 Å². The number of nitro benzene ring substituents is 1. The van der Waals surface area contributed by atoms with Gasteiger partial charge in [-0.15, -0.1) is 0 Å². The molecule has 0 bridgehead atoms. The van der Waals surface area contributed by atoms with Crippen LogP contribution in [0.3, 0.4) is 0 Å². The van der Waals surface area contributed by atoms with Crippen LogP contribution in [0.5, 0.6) is 0 Å². The Labute approximate surface area is 112 Å². The minimum Gasteiger partial charge on any atom is -0.480 e. The first kappa shape index (κ1) is 13.9. The van der Waals surface area contributed by atoms with E-state index in [1.807, 2.05) is 0 Å². The third kappa shape index (κ3) is 3.08. The molecule has 2 rings (SSSR count). The fourth-order valence-electron chi connectivity index (χ4n) is 1.87. The van der Waals surface area contributed by atoms with Gasteiger partial charge in [0.2, 0.25) is 0 Å². The first-order valence-electron chi connectivity index (χ1n) is 5.86. The van der Waals surface area contributed by atoms with Crippen molar-refractivity contribution in [1.82, 2.24) is 4.90 Å². The van der Waals surface area contributed by atoms with Crippen molar-refractivity contribution in [3.05, 3.63) is 39.7 Å². The fourth-order valence-corrected chi connectivity index (χ4v) is 1.87. The van der Waals surface area contributed by atoms with E-state index in [4.69, 9.17) is 5.11 Å². The zero-order valence-corrected chi connectivity index (χ0v) is 10.3. The molecule has 1 amide bonds. The highest BCUT2D eigenvalue weighted by molar-refractivity contribution is 5.96. The number of halogens is 1. The Morgan fingerprint density at radius 2 is 2.05 bits per heavy atom. The van der Waals surface area contributed by atoms with Crippen molar-refractivity contribution in [2.24, 2.45) is 0 Å². The Kier molecular flexibility index (Phi) is 3.64. The summed E-state index contributed by atoms with van der Waals surface area (Å²) < 4.78 is 13.3. The molecule has 1 aromatic carbocycles. The molecule has 1 fully saturated rings. The molecular formula is C12H11FN2O5. The topological polar surface area (TPSA) is 101 Å². The van der Waals surface area contributed by atoms with E-state index in [2.05, 4.69) is 0 Å². The smallest absolute Gasteiger partial charge is 0.323 e. The second kappa shape index (κ2) is 5.24. The molecule has 0 aromatic heterocycles. The molecule has 1 N–H and O–H groups in total. The maximum Gasteiger partial charge on any atom is 0.323 e. The lowest BCUT2D eigenvalue weighted by atomic mass is 10.1. The Hall–Kier alpha value is -2.51. The van der Waals surface area contributed by atoms with Crippen molar-refractivity contribution in [1.29, 1.82) is 0 Å². The molecule has 20 heavy (non-hydrogen) atoms. The minimum absolute atomic E-state index is 0.194. The van der Waals surface area contributed by atoms with Gasteiger partial charge in [0.05, 0.1) is 11.0 Å². The van der Waals surface area contributed by atoms with Gasteiger partial charge in [-0.05, 0) is 18.9 Å². The van der Waals surface area contributed by atoms with E-state index in [-0.39, 0.29) is 11.6 Å². The maximum atomic E-state index is 13.3. The summed E-state index contributed by atoms with van der Waals surface area (Å²) in [4.78, 5) is 33.8. The summed E-state index contributed by atoms with van der Waals surface area (Å²) in [7, 11) is 0. The monoisotopic (exact) mass is 282 g/mol. The quantitative estimate of drug-likeness (QED) is 0.650. The number of benzene rings is 1. The number of hydrogen-bond acceptors (Lipinski definition) is 4. The standard InChI is InChI=1S/C12H11FN2O5/c13-8-3-7(4-10(5-8)15(19)20)12(18)14(6-11(16)17)9-1-2-9/h3-5,9H,1-2,6H2,(H,16,17). The molecular weight excluding hydrogens is 271 g/mol. The summed E-state index contributed by atoms with van der Waals surface area (Å²) in [6, 6.07) is 2.32. The van der Waals surface area contributed by atoms with Gasteiger partial charge in [0, 0.05) is 17.7 Å². The summed E-state index contributed by atoms with van der Waals surface area (Å²) in [6.45, 7) is -0.506. The Morgan fingerprint density at radius 1 is 1.40 bits per heavy atom. The number of nitro groups is 1. The van der Waals surface area contributed by atoms with Gasteiger partial charge < -0.3 is 10.0 Å². The van der Waals surface area contributed by atoms with E-state index in [1.54, 1.807) is 0 Å². The van der Waals surface area contributed by atoms with Crippen LogP contribution < -0.4 is 0 Å². The van der Waals surface area contributed by atoms with Crippen LogP contribution in [0.4, 0.5) is 10.1 Å². The Bertz CT molecular complexity index is 585. The first-order chi connectivity index (χ1) is 9.38. The van der Waals surface area contributed by atoms with E-state index in [0.717, 1.165) is 17.0 Å². The summed E-state index contributed by atoms with van der Waals surface area (Å²) in [5, 5.41) is 19.4. The van der Waals surface area contributed by atoms with E-state index < -0.39 is 34.8 Å². The number of rotatable bonds is 5. The Balaban J connectivity index is 2.31. The van der Waals surface area contributed by atoms with Gasteiger partial charge in [0.15, 0.2) is 0 Å². The van der Waals surface area contributed by atoms with Crippen molar-refractivity contribution in [3.8, 4) is 0 Å². The summed E-state index contributed by atoms with van der Waals surface area (Å²) in [6.07, 6.45) is 1.35. The van der Waals surface area contributed by atoms with Crippen LogP contribution in [-0.4, -0.2) is 39.4 Å².